The van der Waals surface area contributed by atoms with Crippen LogP contribution in [0.1, 0.15) is 96.8 Å². The molecule has 0 atom stereocenters. The first-order valence-electron chi connectivity index (χ1n) is 12.4. The van der Waals surface area contributed by atoms with Crippen LogP contribution in [0.5, 0.6) is 0 Å². The summed E-state index contributed by atoms with van der Waals surface area (Å²) >= 11 is 0. The van der Waals surface area contributed by atoms with Crippen molar-refractivity contribution in [3.8, 4) is 0 Å². The van der Waals surface area contributed by atoms with Crippen molar-refractivity contribution in [2.45, 2.75) is 96.8 Å². The van der Waals surface area contributed by atoms with Gasteiger partial charge in [-0.05, 0) is 6.42 Å². The van der Waals surface area contributed by atoms with E-state index in [0.29, 0.717) is 26.1 Å². The van der Waals surface area contributed by atoms with E-state index in [1.165, 1.54) is 51.4 Å². The minimum atomic E-state index is -0.949. The Hall–Kier alpha value is -1.67. The molecule has 0 spiro atoms. The van der Waals surface area contributed by atoms with Crippen molar-refractivity contribution >= 4 is 17.8 Å². The topological polar surface area (TPSA) is 118 Å². The number of aliphatic carboxylic acids is 2. The van der Waals surface area contributed by atoms with Gasteiger partial charge in [0.2, 0.25) is 5.91 Å². The fourth-order valence-electron chi connectivity index (χ4n) is 3.68. The molecule has 1 amide bonds. The SMILES string of the molecule is CCCCCCCCCCCCCC(=O)N(CCC(=O)O)CCN(CCO)CCC(=O)O. The van der Waals surface area contributed by atoms with E-state index in [2.05, 4.69) is 6.92 Å². The number of rotatable bonds is 23. The third kappa shape index (κ3) is 19.0. The van der Waals surface area contributed by atoms with Gasteiger partial charge in [0.05, 0.1) is 19.4 Å². The van der Waals surface area contributed by atoms with Gasteiger partial charge in [0.25, 0.3) is 0 Å². The molecule has 8 heteroatoms. The molecular formula is C24H46N2O6. The standard InChI is InChI=1S/C24H46N2O6/c1-2-3-4-5-6-7-8-9-10-11-12-13-22(28)26(17-15-24(31)32)19-18-25(20-21-27)16-14-23(29)30/h27H,2-21H2,1H3,(H,29,30)(H,31,32). The number of carbonyl (C=O) groups excluding carboxylic acids is 1. The molecule has 0 saturated carbocycles. The van der Waals surface area contributed by atoms with E-state index in [1.807, 2.05) is 0 Å². The van der Waals surface area contributed by atoms with E-state index in [-0.39, 0.29) is 38.4 Å². The van der Waals surface area contributed by atoms with E-state index in [9.17, 15) is 19.5 Å². The summed E-state index contributed by atoms with van der Waals surface area (Å²) in [7, 11) is 0. The van der Waals surface area contributed by atoms with E-state index in [0.717, 1.165) is 19.3 Å². The van der Waals surface area contributed by atoms with Crippen molar-refractivity contribution in [1.29, 1.82) is 0 Å². The molecule has 0 radical (unpaired) electrons. The highest BCUT2D eigenvalue weighted by molar-refractivity contribution is 5.77. The lowest BCUT2D eigenvalue weighted by Gasteiger charge is -2.27. The normalized spacial score (nSPS) is 11.1. The molecule has 0 aliphatic rings. The molecule has 0 unspecified atom stereocenters. The molecule has 0 aliphatic carbocycles. The maximum absolute atomic E-state index is 12.6. The van der Waals surface area contributed by atoms with Gasteiger partial charge >= 0.3 is 11.9 Å². The second-order valence-corrected chi connectivity index (χ2v) is 8.52. The highest BCUT2D eigenvalue weighted by Gasteiger charge is 2.16. The van der Waals surface area contributed by atoms with Crippen LogP contribution in [0.25, 0.3) is 0 Å². The minimum Gasteiger partial charge on any atom is -0.481 e. The monoisotopic (exact) mass is 458 g/mol. The summed E-state index contributed by atoms with van der Waals surface area (Å²) in [6.07, 6.45) is 13.5. The van der Waals surface area contributed by atoms with E-state index in [4.69, 9.17) is 10.2 Å². The fourth-order valence-corrected chi connectivity index (χ4v) is 3.68. The van der Waals surface area contributed by atoms with Crippen LogP contribution in [0.4, 0.5) is 0 Å². The molecule has 8 nitrogen and oxygen atoms in total. The van der Waals surface area contributed by atoms with Gasteiger partial charge in [-0.3, -0.25) is 19.3 Å². The molecule has 0 rings (SSSR count). The Morgan fingerprint density at radius 2 is 1.09 bits per heavy atom. The second kappa shape index (κ2) is 21.2. The van der Waals surface area contributed by atoms with E-state index in [1.54, 1.807) is 9.80 Å². The van der Waals surface area contributed by atoms with Crippen LogP contribution in [0.3, 0.4) is 0 Å². The first-order chi connectivity index (χ1) is 15.4. The summed E-state index contributed by atoms with van der Waals surface area (Å²) in [6.45, 7) is 3.65. The summed E-state index contributed by atoms with van der Waals surface area (Å²) < 4.78 is 0. The van der Waals surface area contributed by atoms with Gasteiger partial charge in [0.1, 0.15) is 0 Å². The van der Waals surface area contributed by atoms with Crippen molar-refractivity contribution < 1.29 is 29.7 Å². The third-order valence-electron chi connectivity index (χ3n) is 5.69. The number of aliphatic hydroxyl groups excluding tert-OH is 1. The van der Waals surface area contributed by atoms with Gasteiger partial charge in [-0.15, -0.1) is 0 Å². The highest BCUT2D eigenvalue weighted by atomic mass is 16.4. The molecule has 0 aliphatic heterocycles. The number of carboxylic acid groups (broad SMARTS) is 2. The zero-order valence-corrected chi connectivity index (χ0v) is 20.1. The van der Waals surface area contributed by atoms with Gasteiger partial charge in [0.15, 0.2) is 0 Å². The van der Waals surface area contributed by atoms with Crippen molar-refractivity contribution in [3.63, 3.8) is 0 Å². The lowest BCUT2D eigenvalue weighted by Crippen LogP contribution is -2.41. The average Bonchev–Trinajstić information content (AvgIpc) is 2.75. The molecule has 0 aromatic carbocycles. The molecular weight excluding hydrogens is 412 g/mol. The van der Waals surface area contributed by atoms with Crippen molar-refractivity contribution in [2.75, 3.05) is 39.3 Å². The molecule has 0 aromatic heterocycles. The van der Waals surface area contributed by atoms with Crippen LogP contribution in [-0.2, 0) is 14.4 Å². The second-order valence-electron chi connectivity index (χ2n) is 8.52. The number of carbonyl (C=O) groups is 3. The molecule has 0 heterocycles. The summed E-state index contributed by atoms with van der Waals surface area (Å²) in [5.41, 5.74) is 0. The number of carboxylic acids is 2. The smallest absolute Gasteiger partial charge is 0.305 e. The Balaban J connectivity index is 4.20. The van der Waals surface area contributed by atoms with Crippen LogP contribution >= 0.6 is 0 Å². The van der Waals surface area contributed by atoms with Crippen molar-refractivity contribution in [2.24, 2.45) is 0 Å². The molecule has 32 heavy (non-hydrogen) atoms. The Morgan fingerprint density at radius 1 is 0.594 bits per heavy atom. The Kier molecular flexibility index (Phi) is 20.1. The zero-order valence-electron chi connectivity index (χ0n) is 20.1. The van der Waals surface area contributed by atoms with Gasteiger partial charge in [0, 0.05) is 39.1 Å². The summed E-state index contributed by atoms with van der Waals surface area (Å²) in [5, 5.41) is 27.0. The fraction of sp³-hybridized carbons (Fsp3) is 0.875. The maximum atomic E-state index is 12.6. The van der Waals surface area contributed by atoms with Gasteiger partial charge in [-0.25, -0.2) is 0 Å². The quantitative estimate of drug-likeness (QED) is 0.199. The van der Waals surface area contributed by atoms with Gasteiger partial charge < -0.3 is 20.2 Å². The van der Waals surface area contributed by atoms with Crippen LogP contribution in [0, 0.1) is 0 Å². The summed E-state index contributed by atoms with van der Waals surface area (Å²) in [6, 6.07) is 0. The summed E-state index contributed by atoms with van der Waals surface area (Å²) in [5.74, 6) is -1.91. The Bertz CT molecular complexity index is 501. The van der Waals surface area contributed by atoms with Crippen LogP contribution < -0.4 is 0 Å². The molecule has 0 bridgehead atoms. The Labute approximate surface area is 194 Å². The molecule has 0 fully saturated rings. The first-order valence-corrected chi connectivity index (χ1v) is 12.4. The number of unbranched alkanes of at least 4 members (excludes halogenated alkanes) is 10. The minimum absolute atomic E-state index is 0.0399. The highest BCUT2D eigenvalue weighted by Crippen LogP contribution is 2.12. The third-order valence-corrected chi connectivity index (χ3v) is 5.69. The first kappa shape index (κ1) is 30.3. The van der Waals surface area contributed by atoms with Crippen LogP contribution in [0.2, 0.25) is 0 Å². The number of nitrogens with zero attached hydrogens (tertiary/aromatic N) is 2. The number of hydrogen-bond donors (Lipinski definition) is 3. The lowest BCUT2D eigenvalue weighted by atomic mass is 10.1. The Morgan fingerprint density at radius 3 is 1.59 bits per heavy atom. The van der Waals surface area contributed by atoms with Crippen molar-refractivity contribution in [1.82, 2.24) is 9.80 Å². The predicted molar refractivity (Wildman–Crippen MR) is 126 cm³/mol. The van der Waals surface area contributed by atoms with Crippen LogP contribution in [-0.4, -0.2) is 82.3 Å². The van der Waals surface area contributed by atoms with E-state index < -0.39 is 11.9 Å². The largest absolute Gasteiger partial charge is 0.481 e. The molecule has 188 valence electrons. The van der Waals surface area contributed by atoms with Crippen LogP contribution in [0.15, 0.2) is 0 Å². The van der Waals surface area contributed by atoms with Gasteiger partial charge in [-0.2, -0.15) is 0 Å². The zero-order chi connectivity index (χ0) is 24.0. The number of amides is 1. The van der Waals surface area contributed by atoms with E-state index >= 15 is 0 Å². The average molecular weight is 459 g/mol. The molecule has 3 N–H and O–H groups in total. The van der Waals surface area contributed by atoms with Crippen molar-refractivity contribution in [3.05, 3.63) is 0 Å². The molecule has 0 aromatic rings. The molecule has 0 saturated heterocycles. The lowest BCUT2D eigenvalue weighted by molar-refractivity contribution is -0.140. The van der Waals surface area contributed by atoms with Gasteiger partial charge in [-0.1, -0.05) is 71.1 Å². The summed E-state index contributed by atoms with van der Waals surface area (Å²) in [4.78, 5) is 37.7. The number of hydrogen-bond acceptors (Lipinski definition) is 5. The maximum Gasteiger partial charge on any atom is 0.305 e. The predicted octanol–water partition coefficient (Wildman–Crippen LogP) is 3.76. The number of aliphatic hydroxyl groups is 1.